The third-order valence-corrected chi connectivity index (χ3v) is 6.04. The highest BCUT2D eigenvalue weighted by Gasteiger charge is 2.74. The van der Waals surface area contributed by atoms with Crippen molar-refractivity contribution in [3.8, 4) is 0 Å². The topological polar surface area (TPSA) is 56.5 Å². The van der Waals surface area contributed by atoms with E-state index in [0.717, 1.165) is 15.8 Å². The van der Waals surface area contributed by atoms with Crippen LogP contribution in [0.4, 0.5) is 0 Å². The summed E-state index contributed by atoms with van der Waals surface area (Å²) in [6, 6.07) is 3.81. The molecule has 1 aromatic heterocycles. The molecule has 0 atom stereocenters. The van der Waals surface area contributed by atoms with Crippen LogP contribution in [0.2, 0.25) is 0 Å². The molecule has 1 heterocycles. The molecule has 0 radical (unpaired) electrons. The first kappa shape index (κ1) is 14.9. The van der Waals surface area contributed by atoms with E-state index in [1.807, 2.05) is 26.0 Å². The molecule has 5 rings (SSSR count). The van der Waals surface area contributed by atoms with Crippen LogP contribution in [0.15, 0.2) is 25.8 Å². The number of ether oxygens (including phenoxy) is 1. The highest BCUT2D eigenvalue weighted by atomic mass is 79.9. The summed E-state index contributed by atoms with van der Waals surface area (Å²) >= 11 is 3.50. The Morgan fingerprint density at radius 1 is 1.26 bits per heavy atom. The first-order valence-electron chi connectivity index (χ1n) is 7.64. The second-order valence-electron chi connectivity index (χ2n) is 7.09. The molecule has 0 saturated heterocycles. The van der Waals surface area contributed by atoms with Gasteiger partial charge in [-0.1, -0.05) is 0 Å². The third kappa shape index (κ3) is 1.77. The van der Waals surface area contributed by atoms with Crippen molar-refractivity contribution in [2.24, 2.45) is 5.41 Å². The van der Waals surface area contributed by atoms with Crippen LogP contribution >= 0.6 is 15.9 Å². The van der Waals surface area contributed by atoms with Crippen molar-refractivity contribution in [2.45, 2.75) is 38.5 Å². The number of halogens is 1. The van der Waals surface area contributed by atoms with Gasteiger partial charge in [-0.2, -0.15) is 0 Å². The van der Waals surface area contributed by atoms with E-state index in [9.17, 15) is 9.59 Å². The second kappa shape index (κ2) is 4.47. The number of carbonyl (C=O) groups excluding carboxylic acids is 1. The van der Waals surface area contributed by atoms with Gasteiger partial charge in [0.25, 0.3) is 0 Å². The molecular formula is C18H17BrO4. The molecule has 3 saturated carbocycles. The molecule has 3 aliphatic carbocycles. The first-order chi connectivity index (χ1) is 10.8. The van der Waals surface area contributed by atoms with Gasteiger partial charge in [0.2, 0.25) is 0 Å². The average molecular weight is 377 g/mol. The third-order valence-electron chi connectivity index (χ3n) is 5.45. The predicted molar refractivity (Wildman–Crippen MR) is 89.6 cm³/mol. The van der Waals surface area contributed by atoms with Crippen LogP contribution in [0.1, 0.15) is 36.1 Å². The summed E-state index contributed by atoms with van der Waals surface area (Å²) < 4.78 is 11.8. The Labute approximate surface area is 141 Å². The lowest BCUT2D eigenvalue weighted by molar-refractivity contribution is -0.201. The summed E-state index contributed by atoms with van der Waals surface area (Å²) in [5.41, 5.74) is 1.77. The molecule has 2 aromatic rings. The number of esters is 1. The molecule has 5 heteroatoms. The predicted octanol–water partition coefficient (Wildman–Crippen LogP) is 3.77. The zero-order valence-electron chi connectivity index (χ0n) is 13.3. The number of benzene rings is 1. The lowest BCUT2D eigenvalue weighted by Gasteiger charge is -2.67. The van der Waals surface area contributed by atoms with Gasteiger partial charge in [0, 0.05) is 11.0 Å². The van der Waals surface area contributed by atoms with Crippen LogP contribution in [-0.4, -0.2) is 13.1 Å². The summed E-state index contributed by atoms with van der Waals surface area (Å²) in [6.45, 7) is 3.77. The Morgan fingerprint density at radius 3 is 2.52 bits per heavy atom. The number of methoxy groups -OCH3 is 1. The van der Waals surface area contributed by atoms with Gasteiger partial charge in [-0.05, 0) is 66.7 Å². The summed E-state index contributed by atoms with van der Waals surface area (Å²) in [6.07, 6.45) is 2.14. The lowest BCUT2D eigenvalue weighted by atomic mass is 9.34. The minimum atomic E-state index is -0.348. The van der Waals surface area contributed by atoms with Crippen molar-refractivity contribution in [1.29, 1.82) is 0 Å². The van der Waals surface area contributed by atoms with Gasteiger partial charge in [0.1, 0.15) is 5.76 Å². The maximum Gasteiger partial charge on any atom is 0.311 e. The SMILES string of the molecule is COC(=O)C12CC(c3oc4c(Br)cc(C)cc4c(=O)c3C)(C1)C2. The Hall–Kier alpha value is -1.62. The molecule has 2 bridgehead atoms. The number of fused-ring (bicyclic) bond motifs is 1. The van der Waals surface area contributed by atoms with E-state index in [1.165, 1.54) is 7.11 Å². The summed E-state index contributed by atoms with van der Waals surface area (Å²) in [4.78, 5) is 24.6. The molecule has 0 unspecified atom stereocenters. The highest BCUT2D eigenvalue weighted by Crippen LogP contribution is 2.74. The molecular weight excluding hydrogens is 360 g/mol. The molecule has 0 spiro atoms. The molecule has 1 aromatic carbocycles. The van der Waals surface area contributed by atoms with Crippen LogP contribution in [0.3, 0.4) is 0 Å². The van der Waals surface area contributed by atoms with Crippen LogP contribution in [-0.2, 0) is 14.9 Å². The quantitative estimate of drug-likeness (QED) is 0.748. The van der Waals surface area contributed by atoms with E-state index in [0.29, 0.717) is 35.8 Å². The zero-order chi connectivity index (χ0) is 16.6. The second-order valence-corrected chi connectivity index (χ2v) is 7.95. The number of hydrogen-bond donors (Lipinski definition) is 0. The molecule has 0 N–H and O–H groups in total. The van der Waals surface area contributed by atoms with Gasteiger partial charge in [-0.15, -0.1) is 0 Å². The standard InChI is InChI=1S/C18H17BrO4/c1-9-4-11-13(20)10(2)15(23-14(11)12(19)5-9)17-6-18(7-17,8-17)16(21)22-3/h4-5H,6-8H2,1-3H3. The van der Waals surface area contributed by atoms with Crippen LogP contribution < -0.4 is 5.43 Å². The fourth-order valence-electron chi connectivity index (χ4n) is 4.45. The van der Waals surface area contributed by atoms with Crippen molar-refractivity contribution in [3.05, 3.63) is 43.7 Å². The molecule has 23 heavy (non-hydrogen) atoms. The van der Waals surface area contributed by atoms with Gasteiger partial charge in [-0.25, -0.2) is 0 Å². The normalized spacial score (nSPS) is 28.2. The van der Waals surface area contributed by atoms with Gasteiger partial charge in [0.15, 0.2) is 11.0 Å². The maximum absolute atomic E-state index is 12.8. The Kier molecular flexibility index (Phi) is 2.90. The molecule has 0 aliphatic heterocycles. The fraction of sp³-hybridized carbons (Fsp3) is 0.444. The van der Waals surface area contributed by atoms with E-state index >= 15 is 0 Å². The van der Waals surface area contributed by atoms with Gasteiger partial charge >= 0.3 is 5.97 Å². The first-order valence-corrected chi connectivity index (χ1v) is 8.44. The van der Waals surface area contributed by atoms with Crippen molar-refractivity contribution in [2.75, 3.05) is 7.11 Å². The molecule has 3 fully saturated rings. The van der Waals surface area contributed by atoms with Crippen LogP contribution in [0.25, 0.3) is 11.0 Å². The van der Waals surface area contributed by atoms with E-state index < -0.39 is 0 Å². The van der Waals surface area contributed by atoms with Gasteiger partial charge in [-0.3, -0.25) is 9.59 Å². The largest absolute Gasteiger partial charge is 0.469 e. The number of carbonyl (C=O) groups is 1. The van der Waals surface area contributed by atoms with Crippen molar-refractivity contribution in [1.82, 2.24) is 0 Å². The van der Waals surface area contributed by atoms with Crippen molar-refractivity contribution in [3.63, 3.8) is 0 Å². The Bertz CT molecular complexity index is 905. The molecule has 0 amide bonds. The van der Waals surface area contributed by atoms with Crippen molar-refractivity contribution >= 4 is 32.9 Å². The number of rotatable bonds is 2. The lowest BCUT2D eigenvalue weighted by Crippen LogP contribution is -2.68. The molecule has 4 nitrogen and oxygen atoms in total. The van der Waals surface area contributed by atoms with E-state index in [1.54, 1.807) is 0 Å². The monoisotopic (exact) mass is 376 g/mol. The Morgan fingerprint density at radius 2 is 1.91 bits per heavy atom. The molecule has 3 aliphatic rings. The minimum absolute atomic E-state index is 0.0162. The fourth-order valence-corrected chi connectivity index (χ4v) is 5.11. The van der Waals surface area contributed by atoms with Gasteiger partial charge in [0.05, 0.1) is 22.4 Å². The Balaban J connectivity index is 1.84. The summed E-state index contributed by atoms with van der Waals surface area (Å²) in [5.74, 6) is 0.599. The summed E-state index contributed by atoms with van der Waals surface area (Å²) in [5, 5.41) is 0.604. The van der Waals surface area contributed by atoms with Gasteiger partial charge < -0.3 is 9.15 Å². The highest BCUT2D eigenvalue weighted by molar-refractivity contribution is 9.10. The van der Waals surface area contributed by atoms with Crippen LogP contribution in [0, 0.1) is 19.3 Å². The summed E-state index contributed by atoms with van der Waals surface area (Å²) in [7, 11) is 1.43. The minimum Gasteiger partial charge on any atom is -0.469 e. The van der Waals surface area contributed by atoms with Crippen molar-refractivity contribution < 1.29 is 13.9 Å². The number of aryl methyl sites for hydroxylation is 1. The average Bonchev–Trinajstić information content (AvgIpc) is 2.42. The zero-order valence-corrected chi connectivity index (χ0v) is 14.9. The van der Waals surface area contributed by atoms with E-state index in [-0.39, 0.29) is 22.2 Å². The molecule has 120 valence electrons. The van der Waals surface area contributed by atoms with Crippen LogP contribution in [0.5, 0.6) is 0 Å². The van der Waals surface area contributed by atoms with E-state index in [4.69, 9.17) is 9.15 Å². The maximum atomic E-state index is 12.8. The van der Waals surface area contributed by atoms with E-state index in [2.05, 4.69) is 15.9 Å². The number of hydrogen-bond acceptors (Lipinski definition) is 4. The smallest absolute Gasteiger partial charge is 0.311 e.